The van der Waals surface area contributed by atoms with Gasteiger partial charge in [0.1, 0.15) is 6.10 Å². The summed E-state index contributed by atoms with van der Waals surface area (Å²) in [5.74, 6) is 0.868. The maximum atomic E-state index is 11.5. The highest BCUT2D eigenvalue weighted by molar-refractivity contribution is 5.66. The van der Waals surface area contributed by atoms with Gasteiger partial charge in [-0.3, -0.25) is 4.79 Å². The van der Waals surface area contributed by atoms with Crippen LogP contribution >= 0.6 is 0 Å². The van der Waals surface area contributed by atoms with Crippen molar-refractivity contribution in [3.8, 4) is 0 Å². The van der Waals surface area contributed by atoms with E-state index in [0.29, 0.717) is 11.8 Å². The van der Waals surface area contributed by atoms with Gasteiger partial charge in [0.2, 0.25) is 0 Å². The molecule has 0 radical (unpaired) electrons. The SMILES string of the molecule is C=CC(C)(O)CCC1(C)C(C)CC=C2C1CCC(OC(C)=O)C2(C)C. The molecule has 0 saturated heterocycles. The van der Waals surface area contributed by atoms with E-state index in [1.165, 1.54) is 12.5 Å². The first-order chi connectivity index (χ1) is 11.4. The highest BCUT2D eigenvalue weighted by atomic mass is 16.5. The fraction of sp³-hybridized carbons (Fsp3) is 0.773. The fourth-order valence-corrected chi connectivity index (χ4v) is 4.93. The van der Waals surface area contributed by atoms with Crippen molar-refractivity contribution in [3.05, 3.63) is 24.3 Å². The molecule has 5 unspecified atom stereocenters. The molecule has 5 atom stereocenters. The van der Waals surface area contributed by atoms with E-state index in [9.17, 15) is 9.90 Å². The van der Waals surface area contributed by atoms with Gasteiger partial charge >= 0.3 is 5.97 Å². The summed E-state index contributed by atoms with van der Waals surface area (Å²) in [5, 5.41) is 10.4. The average molecular weight is 349 g/mol. The summed E-state index contributed by atoms with van der Waals surface area (Å²) in [5.41, 5.74) is 0.657. The van der Waals surface area contributed by atoms with E-state index >= 15 is 0 Å². The summed E-state index contributed by atoms with van der Waals surface area (Å²) in [4.78, 5) is 11.5. The van der Waals surface area contributed by atoms with Crippen molar-refractivity contribution in [1.29, 1.82) is 0 Å². The molecule has 0 aromatic rings. The van der Waals surface area contributed by atoms with Crippen LogP contribution in [0.25, 0.3) is 0 Å². The van der Waals surface area contributed by atoms with E-state index in [1.807, 2.05) is 6.92 Å². The Morgan fingerprint density at radius 1 is 1.44 bits per heavy atom. The van der Waals surface area contributed by atoms with Gasteiger partial charge in [-0.15, -0.1) is 6.58 Å². The summed E-state index contributed by atoms with van der Waals surface area (Å²) >= 11 is 0. The fourth-order valence-electron chi connectivity index (χ4n) is 4.93. The van der Waals surface area contributed by atoms with E-state index in [4.69, 9.17) is 4.74 Å². The Bertz CT molecular complexity index is 558. The molecule has 1 fully saturated rings. The van der Waals surface area contributed by atoms with Crippen molar-refractivity contribution < 1.29 is 14.6 Å². The molecule has 0 aliphatic heterocycles. The lowest BCUT2D eigenvalue weighted by Crippen LogP contribution is -2.49. The summed E-state index contributed by atoms with van der Waals surface area (Å²) < 4.78 is 5.65. The summed E-state index contributed by atoms with van der Waals surface area (Å²) in [7, 11) is 0. The van der Waals surface area contributed by atoms with Crippen LogP contribution in [0.3, 0.4) is 0 Å². The standard InChI is InChI=1S/C22H36O3/c1-8-21(6,24)13-14-22(7)15(2)9-10-17-18(22)11-12-19(20(17,4)5)25-16(3)23/h8,10,15,18-19,24H,1,9,11-14H2,2-7H3. The third kappa shape index (κ3) is 3.86. The molecule has 2 aliphatic carbocycles. The van der Waals surface area contributed by atoms with E-state index in [2.05, 4.69) is 40.3 Å². The van der Waals surface area contributed by atoms with E-state index in [1.54, 1.807) is 6.08 Å². The van der Waals surface area contributed by atoms with E-state index in [0.717, 1.165) is 32.1 Å². The molecule has 3 nitrogen and oxygen atoms in total. The second-order valence-corrected chi connectivity index (χ2v) is 9.31. The smallest absolute Gasteiger partial charge is 0.302 e. The minimum absolute atomic E-state index is 0.0403. The number of esters is 1. The minimum atomic E-state index is -0.811. The van der Waals surface area contributed by atoms with Gasteiger partial charge in [-0.2, -0.15) is 0 Å². The van der Waals surface area contributed by atoms with Crippen LogP contribution in [0, 0.1) is 22.7 Å². The normalized spacial score (nSPS) is 36.6. The largest absolute Gasteiger partial charge is 0.462 e. The molecule has 0 aromatic carbocycles. The Morgan fingerprint density at radius 3 is 2.64 bits per heavy atom. The number of carbonyl (C=O) groups is 1. The maximum absolute atomic E-state index is 11.5. The third-order valence-electron chi connectivity index (χ3n) is 7.17. The molecule has 3 heteroatoms. The van der Waals surface area contributed by atoms with Crippen LogP contribution in [0.1, 0.15) is 73.6 Å². The van der Waals surface area contributed by atoms with Gasteiger partial charge in [-0.1, -0.05) is 45.4 Å². The van der Waals surface area contributed by atoms with Crippen LogP contribution in [0.5, 0.6) is 0 Å². The van der Waals surface area contributed by atoms with Crippen LogP contribution in [0.4, 0.5) is 0 Å². The zero-order valence-electron chi connectivity index (χ0n) is 16.9. The van der Waals surface area contributed by atoms with Crippen LogP contribution in [-0.2, 0) is 9.53 Å². The molecule has 0 aromatic heterocycles. The number of aliphatic hydroxyl groups is 1. The van der Waals surface area contributed by atoms with Crippen LogP contribution in [-0.4, -0.2) is 22.8 Å². The summed E-state index contributed by atoms with van der Waals surface area (Å²) in [6.45, 7) is 16.3. The summed E-state index contributed by atoms with van der Waals surface area (Å²) in [6, 6.07) is 0. The van der Waals surface area contributed by atoms with Crippen LogP contribution in [0.15, 0.2) is 24.3 Å². The molecule has 2 rings (SSSR count). The van der Waals surface area contributed by atoms with Crippen molar-refractivity contribution in [2.24, 2.45) is 22.7 Å². The zero-order valence-corrected chi connectivity index (χ0v) is 16.9. The van der Waals surface area contributed by atoms with Gasteiger partial charge < -0.3 is 9.84 Å². The van der Waals surface area contributed by atoms with Crippen LogP contribution in [0.2, 0.25) is 0 Å². The Kier molecular flexibility index (Phi) is 5.59. The number of ether oxygens (including phenoxy) is 1. The molecule has 1 N–H and O–H groups in total. The minimum Gasteiger partial charge on any atom is -0.462 e. The number of carbonyl (C=O) groups excluding carboxylic acids is 1. The van der Waals surface area contributed by atoms with Crippen molar-refractivity contribution >= 4 is 5.97 Å². The second-order valence-electron chi connectivity index (χ2n) is 9.31. The molecule has 0 bridgehead atoms. The monoisotopic (exact) mass is 348 g/mol. The number of hydrogen-bond donors (Lipinski definition) is 1. The van der Waals surface area contributed by atoms with Gasteiger partial charge in [0.05, 0.1) is 5.60 Å². The molecule has 0 spiro atoms. The maximum Gasteiger partial charge on any atom is 0.302 e. The predicted molar refractivity (Wildman–Crippen MR) is 102 cm³/mol. The topological polar surface area (TPSA) is 46.5 Å². The Labute approximate surface area is 153 Å². The highest BCUT2D eigenvalue weighted by Crippen LogP contribution is 2.58. The lowest BCUT2D eigenvalue weighted by Gasteiger charge is -2.55. The zero-order chi connectivity index (χ0) is 19.0. The quantitative estimate of drug-likeness (QED) is 0.559. The molecular formula is C22H36O3. The Hall–Kier alpha value is -1.09. The van der Waals surface area contributed by atoms with Gasteiger partial charge in [0.25, 0.3) is 0 Å². The highest BCUT2D eigenvalue weighted by Gasteiger charge is 2.52. The molecular weight excluding hydrogens is 312 g/mol. The van der Waals surface area contributed by atoms with Crippen LogP contribution < -0.4 is 0 Å². The average Bonchev–Trinajstić information content (AvgIpc) is 2.51. The van der Waals surface area contributed by atoms with Crippen molar-refractivity contribution in [3.63, 3.8) is 0 Å². The first-order valence-electron chi connectivity index (χ1n) is 9.68. The van der Waals surface area contributed by atoms with Gasteiger partial charge in [0.15, 0.2) is 0 Å². The number of fused-ring (bicyclic) bond motifs is 1. The van der Waals surface area contributed by atoms with Gasteiger partial charge in [-0.05, 0) is 56.3 Å². The number of hydrogen-bond acceptors (Lipinski definition) is 3. The Balaban J connectivity index is 2.28. The Morgan fingerprint density at radius 2 is 2.08 bits per heavy atom. The third-order valence-corrected chi connectivity index (χ3v) is 7.17. The first kappa shape index (κ1) is 20.2. The lowest BCUT2D eigenvalue weighted by atomic mass is 9.51. The molecule has 0 heterocycles. The molecule has 142 valence electrons. The lowest BCUT2D eigenvalue weighted by molar-refractivity contribution is -0.154. The second kappa shape index (κ2) is 6.90. The number of rotatable bonds is 5. The predicted octanol–water partition coefficient (Wildman–Crippen LogP) is 5.04. The molecule has 1 saturated carbocycles. The van der Waals surface area contributed by atoms with Gasteiger partial charge in [0, 0.05) is 12.3 Å². The molecule has 25 heavy (non-hydrogen) atoms. The van der Waals surface area contributed by atoms with Crippen molar-refractivity contribution in [1.82, 2.24) is 0 Å². The van der Waals surface area contributed by atoms with Gasteiger partial charge in [-0.25, -0.2) is 0 Å². The van der Waals surface area contributed by atoms with E-state index in [-0.39, 0.29) is 22.9 Å². The summed E-state index contributed by atoms with van der Waals surface area (Å²) in [6.07, 6.45) is 8.73. The van der Waals surface area contributed by atoms with Crippen molar-refractivity contribution in [2.45, 2.75) is 85.4 Å². The first-order valence-corrected chi connectivity index (χ1v) is 9.68. The number of allylic oxidation sites excluding steroid dienone is 1. The molecule has 0 amide bonds. The van der Waals surface area contributed by atoms with Crippen molar-refractivity contribution in [2.75, 3.05) is 0 Å². The van der Waals surface area contributed by atoms with E-state index < -0.39 is 5.60 Å². The molecule has 2 aliphatic rings.